The molecule has 2 heterocycles. The van der Waals surface area contributed by atoms with Crippen LogP contribution in [-0.2, 0) is 6.54 Å². The fourth-order valence-electron chi connectivity index (χ4n) is 3.40. The molecule has 2 aromatic rings. The van der Waals surface area contributed by atoms with Crippen molar-refractivity contribution in [1.82, 2.24) is 9.97 Å². The maximum Gasteiger partial charge on any atom is 0.133 e. The molecule has 2 fully saturated rings. The van der Waals surface area contributed by atoms with Crippen LogP contribution < -0.4 is 10.2 Å². The molecule has 0 amide bonds. The Hall–Kier alpha value is -2.14. The molecule has 2 N–H and O–H groups in total. The zero-order valence-electron chi connectivity index (χ0n) is 14.6. The molecule has 0 unspecified atom stereocenters. The number of benzene rings is 1. The third-order valence-electron chi connectivity index (χ3n) is 5.26. The Labute approximate surface area is 149 Å². The normalized spacial score (nSPS) is 18.4. The lowest BCUT2D eigenvalue weighted by Gasteiger charge is -2.33. The first-order valence-electron chi connectivity index (χ1n) is 9.33. The van der Waals surface area contributed by atoms with Gasteiger partial charge in [0.1, 0.15) is 11.6 Å². The molecule has 2 aliphatic rings. The van der Waals surface area contributed by atoms with Gasteiger partial charge in [-0.2, -0.15) is 0 Å². The van der Waals surface area contributed by atoms with Crippen LogP contribution in [0.5, 0.6) is 0 Å². The molecule has 1 saturated heterocycles. The molecule has 0 radical (unpaired) electrons. The average Bonchev–Trinajstić information content (AvgIpc) is 3.52. The van der Waals surface area contributed by atoms with Crippen LogP contribution in [0.2, 0.25) is 0 Å². The number of nitrogens with zero attached hydrogens (tertiary/aromatic N) is 3. The fraction of sp³-hybridized carbons (Fsp3) is 0.500. The summed E-state index contributed by atoms with van der Waals surface area (Å²) in [6, 6.07) is 10.7. The van der Waals surface area contributed by atoms with Crippen molar-refractivity contribution in [3.8, 4) is 0 Å². The third kappa shape index (κ3) is 4.10. The maximum atomic E-state index is 9.25. The molecule has 1 aromatic heterocycles. The molecular formula is C20H26N4O. The van der Waals surface area contributed by atoms with Crippen molar-refractivity contribution in [2.24, 2.45) is 5.92 Å². The van der Waals surface area contributed by atoms with Gasteiger partial charge >= 0.3 is 0 Å². The van der Waals surface area contributed by atoms with E-state index in [0.717, 1.165) is 44.1 Å². The molecule has 1 saturated carbocycles. The molecule has 1 aliphatic heterocycles. The van der Waals surface area contributed by atoms with Crippen LogP contribution in [0.3, 0.4) is 0 Å². The Morgan fingerprint density at radius 2 is 1.80 bits per heavy atom. The van der Waals surface area contributed by atoms with E-state index >= 15 is 0 Å². The van der Waals surface area contributed by atoms with Crippen molar-refractivity contribution in [1.29, 1.82) is 0 Å². The molecule has 0 spiro atoms. The molecule has 5 nitrogen and oxygen atoms in total. The highest BCUT2D eigenvalue weighted by molar-refractivity contribution is 5.48. The largest absolute Gasteiger partial charge is 0.396 e. The van der Waals surface area contributed by atoms with Gasteiger partial charge in [0, 0.05) is 44.0 Å². The summed E-state index contributed by atoms with van der Waals surface area (Å²) in [7, 11) is 0. The van der Waals surface area contributed by atoms with Gasteiger partial charge in [0.15, 0.2) is 0 Å². The van der Waals surface area contributed by atoms with Crippen LogP contribution >= 0.6 is 0 Å². The van der Waals surface area contributed by atoms with E-state index < -0.39 is 0 Å². The van der Waals surface area contributed by atoms with Crippen molar-refractivity contribution in [3.05, 3.63) is 47.9 Å². The Kier molecular flexibility index (Phi) is 4.83. The van der Waals surface area contributed by atoms with Crippen LogP contribution in [0.25, 0.3) is 0 Å². The fourth-order valence-corrected chi connectivity index (χ4v) is 3.40. The van der Waals surface area contributed by atoms with Crippen molar-refractivity contribution < 1.29 is 5.11 Å². The number of aliphatic hydroxyl groups excluding tert-OH is 1. The standard InChI is InChI=1S/C20H26N4O/c25-14-16-8-11-24(12-9-16)18-5-1-15(2-6-18)13-22-19-7-10-21-20(23-19)17-3-4-17/h1-2,5-7,10,16-17,25H,3-4,8-9,11-14H2,(H,21,22,23). The van der Waals surface area contributed by atoms with Crippen LogP contribution in [0, 0.1) is 5.92 Å². The van der Waals surface area contributed by atoms with Crippen LogP contribution in [0.4, 0.5) is 11.5 Å². The van der Waals surface area contributed by atoms with Gasteiger partial charge in [-0.3, -0.25) is 0 Å². The summed E-state index contributed by atoms with van der Waals surface area (Å²) in [5.41, 5.74) is 2.53. The van der Waals surface area contributed by atoms with E-state index in [0.29, 0.717) is 18.4 Å². The van der Waals surface area contributed by atoms with Gasteiger partial charge in [-0.05, 0) is 55.4 Å². The number of piperidine rings is 1. The first-order valence-corrected chi connectivity index (χ1v) is 9.33. The molecule has 1 aliphatic carbocycles. The Morgan fingerprint density at radius 3 is 2.48 bits per heavy atom. The van der Waals surface area contributed by atoms with E-state index in [1.54, 1.807) is 0 Å². The number of rotatable bonds is 6. The van der Waals surface area contributed by atoms with E-state index in [1.165, 1.54) is 24.1 Å². The molecule has 25 heavy (non-hydrogen) atoms. The summed E-state index contributed by atoms with van der Waals surface area (Å²) in [6.07, 6.45) is 6.46. The van der Waals surface area contributed by atoms with Gasteiger partial charge in [0.05, 0.1) is 0 Å². The smallest absolute Gasteiger partial charge is 0.133 e. The second-order valence-corrected chi connectivity index (χ2v) is 7.21. The summed E-state index contributed by atoms with van der Waals surface area (Å²) in [4.78, 5) is 11.4. The quantitative estimate of drug-likeness (QED) is 0.847. The number of aromatic nitrogens is 2. The molecule has 0 atom stereocenters. The highest BCUT2D eigenvalue weighted by Gasteiger charge is 2.26. The predicted molar refractivity (Wildman–Crippen MR) is 99.8 cm³/mol. The molecular weight excluding hydrogens is 312 g/mol. The molecule has 132 valence electrons. The lowest BCUT2D eigenvalue weighted by atomic mass is 9.97. The SMILES string of the molecule is OCC1CCN(c2ccc(CNc3ccnc(C4CC4)n3)cc2)CC1. The summed E-state index contributed by atoms with van der Waals surface area (Å²) >= 11 is 0. The molecule has 5 heteroatoms. The first kappa shape index (κ1) is 16.3. The zero-order valence-corrected chi connectivity index (χ0v) is 14.6. The predicted octanol–water partition coefficient (Wildman–Crippen LogP) is 3.17. The molecule has 4 rings (SSSR count). The minimum absolute atomic E-state index is 0.323. The second-order valence-electron chi connectivity index (χ2n) is 7.21. The van der Waals surface area contributed by atoms with Gasteiger partial charge in [0.2, 0.25) is 0 Å². The summed E-state index contributed by atoms with van der Waals surface area (Å²) in [5.74, 6) is 2.95. The summed E-state index contributed by atoms with van der Waals surface area (Å²) in [6.45, 7) is 3.17. The topological polar surface area (TPSA) is 61.3 Å². The summed E-state index contributed by atoms with van der Waals surface area (Å²) in [5, 5.41) is 12.7. The lowest BCUT2D eigenvalue weighted by Crippen LogP contribution is -2.34. The summed E-state index contributed by atoms with van der Waals surface area (Å²) < 4.78 is 0. The Balaban J connectivity index is 1.32. The van der Waals surface area contributed by atoms with Crippen LogP contribution in [0.1, 0.15) is 43.0 Å². The minimum atomic E-state index is 0.323. The van der Waals surface area contributed by atoms with E-state index in [1.807, 2.05) is 12.3 Å². The zero-order chi connectivity index (χ0) is 17.1. The Morgan fingerprint density at radius 1 is 1.04 bits per heavy atom. The molecule has 1 aromatic carbocycles. The maximum absolute atomic E-state index is 9.25. The van der Waals surface area contributed by atoms with Crippen molar-refractivity contribution in [2.45, 2.75) is 38.1 Å². The monoisotopic (exact) mass is 338 g/mol. The molecule has 0 bridgehead atoms. The van der Waals surface area contributed by atoms with Gasteiger partial charge in [-0.1, -0.05) is 12.1 Å². The van der Waals surface area contributed by atoms with Crippen molar-refractivity contribution in [2.75, 3.05) is 29.9 Å². The average molecular weight is 338 g/mol. The van der Waals surface area contributed by atoms with E-state index in [2.05, 4.69) is 44.5 Å². The third-order valence-corrected chi connectivity index (χ3v) is 5.26. The van der Waals surface area contributed by atoms with Crippen LogP contribution in [-0.4, -0.2) is 34.8 Å². The number of anilines is 2. The first-order chi connectivity index (χ1) is 12.3. The van der Waals surface area contributed by atoms with E-state index in [-0.39, 0.29) is 0 Å². The van der Waals surface area contributed by atoms with Crippen LogP contribution in [0.15, 0.2) is 36.5 Å². The van der Waals surface area contributed by atoms with Crippen molar-refractivity contribution in [3.63, 3.8) is 0 Å². The van der Waals surface area contributed by atoms with Gasteiger partial charge < -0.3 is 15.3 Å². The number of aliphatic hydroxyl groups is 1. The highest BCUT2D eigenvalue weighted by atomic mass is 16.3. The van der Waals surface area contributed by atoms with Gasteiger partial charge in [-0.15, -0.1) is 0 Å². The lowest BCUT2D eigenvalue weighted by molar-refractivity contribution is 0.203. The minimum Gasteiger partial charge on any atom is -0.396 e. The Bertz CT molecular complexity index is 691. The van der Waals surface area contributed by atoms with Gasteiger partial charge in [-0.25, -0.2) is 9.97 Å². The van der Waals surface area contributed by atoms with Gasteiger partial charge in [0.25, 0.3) is 0 Å². The van der Waals surface area contributed by atoms with Crippen molar-refractivity contribution >= 4 is 11.5 Å². The second kappa shape index (κ2) is 7.40. The number of nitrogens with one attached hydrogen (secondary N) is 1. The van der Waals surface area contributed by atoms with E-state index in [4.69, 9.17) is 0 Å². The highest BCUT2D eigenvalue weighted by Crippen LogP contribution is 2.38. The number of hydrogen-bond donors (Lipinski definition) is 2. The number of hydrogen-bond acceptors (Lipinski definition) is 5. The van der Waals surface area contributed by atoms with E-state index in [9.17, 15) is 5.11 Å².